The zero-order chi connectivity index (χ0) is 24.7. The lowest BCUT2D eigenvalue weighted by molar-refractivity contribution is -0.239. The smallest absolute Gasteiger partial charge is 0.189 e. The summed E-state index contributed by atoms with van der Waals surface area (Å²) in [5.41, 5.74) is -1.15. The number of ether oxygens (including phenoxy) is 2. The molecule has 0 unspecified atom stereocenters. The van der Waals surface area contributed by atoms with Gasteiger partial charge in [-0.3, -0.25) is 9.59 Å². The average Bonchev–Trinajstić information content (AvgIpc) is 3.48. The van der Waals surface area contributed by atoms with Crippen molar-refractivity contribution in [1.29, 1.82) is 0 Å². The van der Waals surface area contributed by atoms with E-state index in [0.717, 1.165) is 0 Å². The minimum absolute atomic E-state index is 0.0711. The second-order valence-electron chi connectivity index (χ2n) is 10.2. The molecule has 0 radical (unpaired) electrons. The molecule has 0 bridgehead atoms. The maximum absolute atomic E-state index is 13.7. The van der Waals surface area contributed by atoms with Gasteiger partial charge < -0.3 is 29.9 Å². The Hall–Kier alpha value is -2.00. The van der Waals surface area contributed by atoms with Crippen molar-refractivity contribution in [2.75, 3.05) is 0 Å². The molecule has 33 heavy (non-hydrogen) atoms. The Morgan fingerprint density at radius 2 is 1.85 bits per heavy atom. The standard InChI is InChI=1S/C25H36O8/c1-6-20-25(33-20)19(27)10-18(32-24(25)31)15(8-13(4)5)22(29)16-9-14(7-12(2)3)21(28)17(11-26)23(16)30/h9,11-13,15,18-20,24,27-28,30-31H,6-8,10H2,1-5H3/t15-,18-,19-,20+,24-,25-/m1/s1. The highest BCUT2D eigenvalue weighted by atomic mass is 16.7. The number of rotatable bonds is 9. The van der Waals surface area contributed by atoms with Crippen LogP contribution in [0.1, 0.15) is 80.2 Å². The van der Waals surface area contributed by atoms with Gasteiger partial charge in [-0.05, 0) is 42.7 Å². The molecule has 1 aromatic rings. The topological polar surface area (TPSA) is 137 Å². The van der Waals surface area contributed by atoms with E-state index in [1.165, 1.54) is 6.07 Å². The molecular weight excluding hydrogens is 428 g/mol. The van der Waals surface area contributed by atoms with Gasteiger partial charge in [0, 0.05) is 12.3 Å². The van der Waals surface area contributed by atoms with Gasteiger partial charge in [-0.25, -0.2) is 0 Å². The third-order valence-corrected chi connectivity index (χ3v) is 6.74. The van der Waals surface area contributed by atoms with Crippen LogP contribution < -0.4 is 0 Å². The van der Waals surface area contributed by atoms with Crippen LogP contribution in [-0.4, -0.2) is 62.7 Å². The quantitative estimate of drug-likeness (QED) is 0.249. The maximum Gasteiger partial charge on any atom is 0.189 e. The van der Waals surface area contributed by atoms with Crippen LogP contribution >= 0.6 is 0 Å². The molecule has 4 N–H and O–H groups in total. The molecule has 2 heterocycles. The fourth-order valence-corrected chi connectivity index (χ4v) is 5.05. The number of aliphatic hydroxyl groups excluding tert-OH is 2. The first-order chi connectivity index (χ1) is 15.5. The van der Waals surface area contributed by atoms with Crippen molar-refractivity contribution in [3.8, 4) is 11.5 Å². The van der Waals surface area contributed by atoms with Crippen molar-refractivity contribution in [2.45, 2.75) is 90.5 Å². The highest BCUT2D eigenvalue weighted by Crippen LogP contribution is 2.50. The Morgan fingerprint density at radius 1 is 1.18 bits per heavy atom. The summed E-state index contributed by atoms with van der Waals surface area (Å²) in [4.78, 5) is 25.3. The molecule has 3 rings (SSSR count). The average molecular weight is 465 g/mol. The van der Waals surface area contributed by atoms with Gasteiger partial charge in [-0.1, -0.05) is 34.6 Å². The highest BCUT2D eigenvalue weighted by Gasteiger charge is 2.68. The second-order valence-corrected chi connectivity index (χ2v) is 10.2. The summed E-state index contributed by atoms with van der Waals surface area (Å²) < 4.78 is 11.4. The summed E-state index contributed by atoms with van der Waals surface area (Å²) in [5, 5.41) is 42.5. The molecule has 6 atom stereocenters. The van der Waals surface area contributed by atoms with Gasteiger partial charge in [0.15, 0.2) is 24.0 Å². The Labute approximate surface area is 194 Å². The molecule has 0 amide bonds. The van der Waals surface area contributed by atoms with Crippen LogP contribution in [-0.2, 0) is 15.9 Å². The lowest BCUT2D eigenvalue weighted by Gasteiger charge is -2.39. The van der Waals surface area contributed by atoms with Crippen LogP contribution in [0.3, 0.4) is 0 Å². The molecule has 8 nitrogen and oxygen atoms in total. The lowest BCUT2D eigenvalue weighted by atomic mass is 9.78. The number of ketones is 1. The molecule has 2 fully saturated rings. The number of carbonyl (C=O) groups is 2. The zero-order valence-electron chi connectivity index (χ0n) is 19.9. The normalized spacial score (nSPS) is 30.1. The van der Waals surface area contributed by atoms with Crippen LogP contribution in [0.15, 0.2) is 6.07 Å². The first-order valence-electron chi connectivity index (χ1n) is 11.7. The Morgan fingerprint density at radius 3 is 2.33 bits per heavy atom. The van der Waals surface area contributed by atoms with E-state index >= 15 is 0 Å². The van der Waals surface area contributed by atoms with Crippen LogP contribution in [0.2, 0.25) is 0 Å². The molecule has 184 valence electrons. The number of aldehydes is 1. The van der Waals surface area contributed by atoms with Crippen LogP contribution in [0, 0.1) is 17.8 Å². The van der Waals surface area contributed by atoms with Gasteiger partial charge >= 0.3 is 0 Å². The minimum Gasteiger partial charge on any atom is -0.507 e. The fourth-order valence-electron chi connectivity index (χ4n) is 5.05. The molecule has 2 aliphatic heterocycles. The SMILES string of the molecule is CC[C@@H]1O[C@]12[C@H](O)C[C@H]([C@@H](CC(C)C)C(=O)c1cc(CC(C)C)c(O)c(C=O)c1O)O[C@H]2O. The molecule has 2 saturated heterocycles. The number of phenols is 2. The maximum atomic E-state index is 13.7. The van der Waals surface area contributed by atoms with Gasteiger partial charge in [0.2, 0.25) is 0 Å². The van der Waals surface area contributed by atoms with E-state index in [4.69, 9.17) is 9.47 Å². The molecule has 2 aliphatic rings. The monoisotopic (exact) mass is 464 g/mol. The third-order valence-electron chi connectivity index (χ3n) is 6.74. The third kappa shape index (κ3) is 4.67. The van der Waals surface area contributed by atoms with Gasteiger partial charge in [-0.2, -0.15) is 0 Å². The highest BCUT2D eigenvalue weighted by molar-refractivity contribution is 6.04. The van der Waals surface area contributed by atoms with Crippen molar-refractivity contribution in [3.63, 3.8) is 0 Å². The summed E-state index contributed by atoms with van der Waals surface area (Å²) in [7, 11) is 0. The minimum atomic E-state index is -1.38. The largest absolute Gasteiger partial charge is 0.507 e. The number of epoxide rings is 1. The first kappa shape index (κ1) is 25.6. The summed E-state index contributed by atoms with van der Waals surface area (Å²) in [6, 6.07) is 1.43. The van der Waals surface area contributed by atoms with E-state index in [0.29, 0.717) is 31.1 Å². The first-order valence-corrected chi connectivity index (χ1v) is 11.7. The van der Waals surface area contributed by atoms with Crippen LogP contribution in [0.25, 0.3) is 0 Å². The predicted octanol–water partition coefficient (Wildman–Crippen LogP) is 2.97. The number of benzene rings is 1. The Bertz CT molecular complexity index is 881. The fraction of sp³-hybridized carbons (Fsp3) is 0.680. The number of aliphatic hydroxyl groups is 2. The van der Waals surface area contributed by atoms with Crippen molar-refractivity contribution in [3.05, 3.63) is 22.8 Å². The number of hydrogen-bond acceptors (Lipinski definition) is 8. The van der Waals surface area contributed by atoms with Crippen molar-refractivity contribution in [2.24, 2.45) is 17.8 Å². The van der Waals surface area contributed by atoms with Gasteiger partial charge in [0.05, 0.1) is 29.4 Å². The molecule has 0 aliphatic carbocycles. The second kappa shape index (κ2) is 9.70. The van der Waals surface area contributed by atoms with Gasteiger partial charge in [0.1, 0.15) is 11.5 Å². The van der Waals surface area contributed by atoms with E-state index in [1.807, 2.05) is 34.6 Å². The van der Waals surface area contributed by atoms with Gasteiger partial charge in [-0.15, -0.1) is 0 Å². The summed E-state index contributed by atoms with van der Waals surface area (Å²) >= 11 is 0. The van der Waals surface area contributed by atoms with Crippen molar-refractivity contribution < 1.29 is 39.5 Å². The van der Waals surface area contributed by atoms with E-state index in [2.05, 4.69) is 0 Å². The van der Waals surface area contributed by atoms with Crippen molar-refractivity contribution in [1.82, 2.24) is 0 Å². The Kier molecular flexibility index (Phi) is 7.53. The number of aromatic hydroxyl groups is 2. The van der Waals surface area contributed by atoms with E-state index in [1.54, 1.807) is 0 Å². The summed E-state index contributed by atoms with van der Waals surface area (Å²) in [5.74, 6) is -1.92. The zero-order valence-corrected chi connectivity index (χ0v) is 19.9. The van der Waals surface area contributed by atoms with Crippen LogP contribution in [0.4, 0.5) is 0 Å². The molecule has 1 aromatic carbocycles. The van der Waals surface area contributed by atoms with Crippen LogP contribution in [0.5, 0.6) is 11.5 Å². The summed E-state index contributed by atoms with van der Waals surface area (Å²) in [6.07, 6.45) is -1.66. The molecule has 0 aromatic heterocycles. The molecule has 1 spiro atoms. The predicted molar refractivity (Wildman–Crippen MR) is 120 cm³/mol. The van der Waals surface area contributed by atoms with Gasteiger partial charge in [0.25, 0.3) is 0 Å². The molecule has 8 heteroatoms. The number of phenolic OH excluding ortho intramolecular Hbond substituents is 2. The summed E-state index contributed by atoms with van der Waals surface area (Å²) in [6.45, 7) is 9.64. The van der Waals surface area contributed by atoms with E-state index in [9.17, 15) is 30.0 Å². The van der Waals surface area contributed by atoms with Crippen molar-refractivity contribution >= 4 is 12.1 Å². The lowest BCUT2D eigenvalue weighted by Crippen LogP contribution is -2.55. The Balaban J connectivity index is 1.97. The van der Waals surface area contributed by atoms with E-state index in [-0.39, 0.29) is 41.2 Å². The number of Topliss-reactive ketones (excluding diaryl/α,β-unsaturated/α-hetero) is 1. The number of hydrogen-bond donors (Lipinski definition) is 4. The number of carbonyl (C=O) groups excluding carboxylic acids is 2. The molecule has 0 saturated carbocycles. The molecular formula is C25H36O8. The van der Waals surface area contributed by atoms with E-state index < -0.39 is 41.5 Å².